The van der Waals surface area contributed by atoms with E-state index in [0.29, 0.717) is 21.3 Å². The van der Waals surface area contributed by atoms with Gasteiger partial charge in [0.25, 0.3) is 5.91 Å². The molecular weight excluding hydrogens is 314 g/mol. The number of thioether (sulfide) groups is 1. The fourth-order valence-electron chi connectivity index (χ4n) is 1.59. The van der Waals surface area contributed by atoms with Crippen LogP contribution in [0.25, 0.3) is 0 Å². The molecule has 0 aliphatic rings. The SMILES string of the molecule is CCOC(=O)CSc1sc(C(=O)OCC)c(C)c1C(N)=O. The summed E-state index contributed by atoms with van der Waals surface area (Å²) in [5.41, 5.74) is 6.10. The molecule has 1 aromatic heterocycles. The summed E-state index contributed by atoms with van der Waals surface area (Å²) in [4.78, 5) is 35.1. The van der Waals surface area contributed by atoms with E-state index in [-0.39, 0.29) is 23.9 Å². The number of thiophene rings is 1. The lowest BCUT2D eigenvalue weighted by atomic mass is 10.1. The van der Waals surface area contributed by atoms with Gasteiger partial charge in [-0.25, -0.2) is 4.79 Å². The highest BCUT2D eigenvalue weighted by Crippen LogP contribution is 2.36. The highest BCUT2D eigenvalue weighted by molar-refractivity contribution is 8.01. The van der Waals surface area contributed by atoms with E-state index in [4.69, 9.17) is 15.2 Å². The standard InChI is InChI=1S/C13H17NO5S2/c1-4-18-8(15)6-20-13-9(11(14)16)7(3)10(21-13)12(17)19-5-2/h4-6H2,1-3H3,(H2,14,16). The summed E-state index contributed by atoms with van der Waals surface area (Å²) in [7, 11) is 0. The molecule has 21 heavy (non-hydrogen) atoms. The maximum Gasteiger partial charge on any atom is 0.348 e. The molecule has 116 valence electrons. The van der Waals surface area contributed by atoms with Crippen molar-refractivity contribution in [1.82, 2.24) is 0 Å². The Kier molecular flexibility index (Phi) is 6.70. The molecule has 0 unspecified atom stereocenters. The number of primary amides is 1. The minimum Gasteiger partial charge on any atom is -0.465 e. The average molecular weight is 331 g/mol. The van der Waals surface area contributed by atoms with Crippen LogP contribution in [0.3, 0.4) is 0 Å². The minimum atomic E-state index is -0.634. The van der Waals surface area contributed by atoms with Gasteiger partial charge in [-0.05, 0) is 26.3 Å². The van der Waals surface area contributed by atoms with Crippen molar-refractivity contribution in [3.8, 4) is 0 Å². The van der Waals surface area contributed by atoms with Gasteiger partial charge < -0.3 is 15.2 Å². The minimum absolute atomic E-state index is 0.0519. The van der Waals surface area contributed by atoms with Crippen LogP contribution in [0.2, 0.25) is 0 Å². The lowest BCUT2D eigenvalue weighted by molar-refractivity contribution is -0.139. The molecule has 0 spiro atoms. The van der Waals surface area contributed by atoms with Crippen molar-refractivity contribution < 1.29 is 23.9 Å². The van der Waals surface area contributed by atoms with Crippen LogP contribution in [-0.2, 0) is 14.3 Å². The Morgan fingerprint density at radius 1 is 1.19 bits per heavy atom. The van der Waals surface area contributed by atoms with Crippen molar-refractivity contribution in [2.75, 3.05) is 19.0 Å². The number of ether oxygens (including phenoxy) is 2. The number of hydrogen-bond donors (Lipinski definition) is 1. The lowest BCUT2D eigenvalue weighted by Gasteiger charge is -2.02. The second-order valence-electron chi connectivity index (χ2n) is 3.90. The van der Waals surface area contributed by atoms with Gasteiger partial charge in [-0.1, -0.05) is 0 Å². The summed E-state index contributed by atoms with van der Waals surface area (Å²) in [6, 6.07) is 0. The third-order valence-corrected chi connectivity index (χ3v) is 4.96. The van der Waals surface area contributed by atoms with E-state index >= 15 is 0 Å². The van der Waals surface area contributed by atoms with Crippen LogP contribution in [0.5, 0.6) is 0 Å². The number of hydrogen-bond acceptors (Lipinski definition) is 7. The van der Waals surface area contributed by atoms with E-state index in [2.05, 4.69) is 0 Å². The quantitative estimate of drug-likeness (QED) is 0.606. The fourth-order valence-corrected chi connectivity index (χ4v) is 3.92. The summed E-state index contributed by atoms with van der Waals surface area (Å²) in [5.74, 6) is -1.46. The molecule has 0 bridgehead atoms. The van der Waals surface area contributed by atoms with Crippen molar-refractivity contribution in [3.63, 3.8) is 0 Å². The summed E-state index contributed by atoms with van der Waals surface area (Å²) in [6.07, 6.45) is 0. The first-order valence-corrected chi connectivity index (χ1v) is 8.11. The number of carbonyl (C=O) groups is 3. The van der Waals surface area contributed by atoms with Crippen LogP contribution < -0.4 is 5.73 Å². The molecule has 0 saturated heterocycles. The maximum atomic E-state index is 11.8. The molecule has 0 atom stereocenters. The largest absolute Gasteiger partial charge is 0.465 e. The van der Waals surface area contributed by atoms with Crippen LogP contribution in [0.1, 0.15) is 39.4 Å². The van der Waals surface area contributed by atoms with Gasteiger partial charge in [0.1, 0.15) is 4.88 Å². The van der Waals surface area contributed by atoms with E-state index < -0.39 is 11.9 Å². The van der Waals surface area contributed by atoms with Crippen molar-refractivity contribution in [2.45, 2.75) is 25.0 Å². The predicted molar refractivity (Wildman–Crippen MR) is 80.9 cm³/mol. The first-order valence-electron chi connectivity index (χ1n) is 6.31. The van der Waals surface area contributed by atoms with Crippen LogP contribution in [0.15, 0.2) is 4.21 Å². The van der Waals surface area contributed by atoms with Crippen LogP contribution in [-0.4, -0.2) is 36.8 Å². The van der Waals surface area contributed by atoms with E-state index in [1.54, 1.807) is 20.8 Å². The van der Waals surface area contributed by atoms with Gasteiger partial charge in [-0.2, -0.15) is 0 Å². The van der Waals surface area contributed by atoms with Gasteiger partial charge >= 0.3 is 11.9 Å². The molecule has 1 amide bonds. The van der Waals surface area contributed by atoms with Crippen molar-refractivity contribution in [1.29, 1.82) is 0 Å². The average Bonchev–Trinajstić information content (AvgIpc) is 2.74. The Morgan fingerprint density at radius 3 is 2.33 bits per heavy atom. The van der Waals surface area contributed by atoms with Crippen molar-refractivity contribution in [2.24, 2.45) is 5.73 Å². The third-order valence-electron chi connectivity index (χ3n) is 2.45. The zero-order valence-corrected chi connectivity index (χ0v) is 13.7. The zero-order valence-electron chi connectivity index (χ0n) is 12.1. The van der Waals surface area contributed by atoms with Gasteiger partial charge in [0.05, 0.1) is 28.7 Å². The van der Waals surface area contributed by atoms with Gasteiger partial charge in [0.15, 0.2) is 0 Å². The van der Waals surface area contributed by atoms with E-state index in [9.17, 15) is 14.4 Å². The second kappa shape index (κ2) is 8.04. The first kappa shape index (κ1) is 17.5. The maximum absolute atomic E-state index is 11.8. The Bertz CT molecular complexity index is 553. The highest BCUT2D eigenvalue weighted by atomic mass is 32.2. The normalized spacial score (nSPS) is 10.2. The van der Waals surface area contributed by atoms with Crippen LogP contribution in [0.4, 0.5) is 0 Å². The van der Waals surface area contributed by atoms with Crippen LogP contribution >= 0.6 is 23.1 Å². The summed E-state index contributed by atoms with van der Waals surface area (Å²) >= 11 is 2.23. The molecule has 6 nitrogen and oxygen atoms in total. The predicted octanol–water partition coefficient (Wildman–Crippen LogP) is 1.99. The Hall–Kier alpha value is -1.54. The molecular formula is C13H17NO5S2. The van der Waals surface area contributed by atoms with E-state index in [1.165, 1.54) is 0 Å². The zero-order chi connectivity index (χ0) is 16.0. The number of rotatable bonds is 7. The Morgan fingerprint density at radius 2 is 1.81 bits per heavy atom. The third kappa shape index (κ3) is 4.47. The summed E-state index contributed by atoms with van der Waals surface area (Å²) < 4.78 is 10.3. The van der Waals surface area contributed by atoms with Crippen LogP contribution in [0, 0.1) is 6.92 Å². The van der Waals surface area contributed by atoms with E-state index in [1.807, 2.05) is 0 Å². The first-order chi connectivity index (χ1) is 9.92. The van der Waals surface area contributed by atoms with Crippen molar-refractivity contribution in [3.05, 3.63) is 16.0 Å². The number of amides is 1. The summed E-state index contributed by atoms with van der Waals surface area (Å²) in [5, 5.41) is 0. The molecule has 0 saturated carbocycles. The topological polar surface area (TPSA) is 95.7 Å². The molecule has 2 N–H and O–H groups in total. The molecule has 8 heteroatoms. The number of carbonyl (C=O) groups excluding carboxylic acids is 3. The molecule has 0 fully saturated rings. The Balaban J connectivity index is 3.02. The van der Waals surface area contributed by atoms with Gasteiger partial charge in [-0.3, -0.25) is 9.59 Å². The van der Waals surface area contributed by atoms with Crippen molar-refractivity contribution >= 4 is 40.9 Å². The molecule has 1 aromatic rings. The lowest BCUT2D eigenvalue weighted by Crippen LogP contribution is -2.14. The molecule has 0 aliphatic carbocycles. The fraction of sp³-hybridized carbons (Fsp3) is 0.462. The molecule has 0 aromatic carbocycles. The number of nitrogens with two attached hydrogens (primary N) is 1. The smallest absolute Gasteiger partial charge is 0.348 e. The van der Waals surface area contributed by atoms with Gasteiger partial charge in [0, 0.05) is 0 Å². The molecule has 0 aliphatic heterocycles. The summed E-state index contributed by atoms with van der Waals surface area (Å²) in [6.45, 7) is 5.59. The van der Waals surface area contributed by atoms with Gasteiger partial charge in [0.2, 0.25) is 0 Å². The van der Waals surface area contributed by atoms with Gasteiger partial charge in [-0.15, -0.1) is 23.1 Å². The highest BCUT2D eigenvalue weighted by Gasteiger charge is 2.24. The second-order valence-corrected chi connectivity index (χ2v) is 6.16. The van der Waals surface area contributed by atoms with E-state index in [0.717, 1.165) is 23.1 Å². The monoisotopic (exact) mass is 331 g/mol. The molecule has 1 rings (SSSR count). The molecule has 1 heterocycles. The Labute approximate surface area is 131 Å². The molecule has 0 radical (unpaired) electrons. The number of esters is 2.